The molecule has 0 radical (unpaired) electrons. The predicted octanol–water partition coefficient (Wildman–Crippen LogP) is 3.30. The van der Waals surface area contributed by atoms with Crippen LogP contribution in [0, 0.1) is 11.6 Å². The molecule has 2 aliphatic rings. The maximum Gasteiger partial charge on any atom is 0.260 e. The zero-order valence-corrected chi connectivity index (χ0v) is 11.2. The molecule has 0 amide bonds. The van der Waals surface area contributed by atoms with E-state index in [1.54, 1.807) is 18.2 Å². The highest BCUT2D eigenvalue weighted by atomic mass is 19.2. The van der Waals surface area contributed by atoms with Crippen molar-refractivity contribution in [3.63, 3.8) is 0 Å². The molecule has 6 heteroatoms. The molecule has 0 unspecified atom stereocenters. The second-order valence-corrected chi connectivity index (χ2v) is 4.94. The fourth-order valence-corrected chi connectivity index (χ4v) is 2.54. The van der Waals surface area contributed by atoms with E-state index in [9.17, 15) is 13.6 Å². The van der Waals surface area contributed by atoms with Gasteiger partial charge >= 0.3 is 0 Å². The van der Waals surface area contributed by atoms with Crippen molar-refractivity contribution in [1.82, 2.24) is 15.0 Å². The quantitative estimate of drug-likeness (QED) is 0.566. The molecule has 108 valence electrons. The minimum Gasteiger partial charge on any atom is -0.338 e. The average molecular weight is 297 g/mol. The van der Waals surface area contributed by atoms with Crippen LogP contribution < -0.4 is 5.56 Å². The Morgan fingerprint density at radius 3 is 2.59 bits per heavy atom. The smallest absolute Gasteiger partial charge is 0.260 e. The largest absolute Gasteiger partial charge is 0.338 e. The first-order valence-corrected chi connectivity index (χ1v) is 6.59. The number of aromatic nitrogens is 3. The summed E-state index contributed by atoms with van der Waals surface area (Å²) in [7, 11) is 0. The lowest BCUT2D eigenvalue weighted by atomic mass is 10.1. The molecule has 1 aliphatic carbocycles. The summed E-state index contributed by atoms with van der Waals surface area (Å²) in [5.41, 5.74) is 2.01. The van der Waals surface area contributed by atoms with Crippen LogP contribution in [-0.2, 0) is 0 Å². The topological polar surface area (TPSA) is 61.5 Å². The molecule has 1 aliphatic heterocycles. The molecule has 1 aromatic carbocycles. The van der Waals surface area contributed by atoms with Crippen LogP contribution >= 0.6 is 0 Å². The van der Waals surface area contributed by atoms with Crippen molar-refractivity contribution in [3.05, 3.63) is 64.5 Å². The summed E-state index contributed by atoms with van der Waals surface area (Å²) < 4.78 is 26.6. The van der Waals surface area contributed by atoms with E-state index in [-0.39, 0.29) is 16.9 Å². The van der Waals surface area contributed by atoms with Crippen LogP contribution in [0.5, 0.6) is 0 Å². The van der Waals surface area contributed by atoms with Gasteiger partial charge in [-0.1, -0.05) is 24.3 Å². The third-order valence-electron chi connectivity index (χ3n) is 3.54. The molecule has 2 heterocycles. The number of hydrogen-bond acceptors (Lipinski definition) is 2. The van der Waals surface area contributed by atoms with Crippen molar-refractivity contribution in [1.29, 1.82) is 0 Å². The van der Waals surface area contributed by atoms with Crippen LogP contribution in [0.25, 0.3) is 33.7 Å². The number of fused-ring (bicyclic) bond motifs is 2. The van der Waals surface area contributed by atoms with Crippen molar-refractivity contribution in [2.45, 2.75) is 0 Å². The van der Waals surface area contributed by atoms with Crippen molar-refractivity contribution >= 4 is 11.0 Å². The van der Waals surface area contributed by atoms with Crippen molar-refractivity contribution < 1.29 is 8.78 Å². The van der Waals surface area contributed by atoms with E-state index in [2.05, 4.69) is 15.0 Å². The normalized spacial score (nSPS) is 11.4. The summed E-state index contributed by atoms with van der Waals surface area (Å²) in [6.07, 6.45) is 0. The SMILES string of the molecule is O=c1[nH]c2cccccc-2c1-c1nc2cc(F)c(F)cc2[nH]1. The molecule has 0 bridgehead atoms. The predicted molar refractivity (Wildman–Crippen MR) is 78.7 cm³/mol. The number of benzene rings is 1. The Morgan fingerprint density at radius 2 is 1.73 bits per heavy atom. The number of nitrogens with one attached hydrogen (secondary N) is 2. The summed E-state index contributed by atoms with van der Waals surface area (Å²) >= 11 is 0. The standard InChI is InChI=1S/C16H9F2N3O/c17-9-6-12-13(7-10(9)18)20-15(19-12)14-8-4-2-1-3-5-11(8)21-16(14)22/h1-7H,(H,19,20)(H,21,22). The van der Waals surface area contributed by atoms with E-state index in [0.29, 0.717) is 22.3 Å². The van der Waals surface area contributed by atoms with Gasteiger partial charge in [-0.25, -0.2) is 13.8 Å². The Morgan fingerprint density at radius 1 is 0.955 bits per heavy atom. The second-order valence-electron chi connectivity index (χ2n) is 4.94. The van der Waals surface area contributed by atoms with Crippen molar-refractivity contribution in [3.8, 4) is 22.6 Å². The molecule has 0 spiro atoms. The molecule has 0 atom stereocenters. The number of aromatic amines is 2. The van der Waals surface area contributed by atoms with Gasteiger partial charge in [0, 0.05) is 23.4 Å². The Hall–Kier alpha value is -3.02. The number of H-pyrrole nitrogens is 2. The van der Waals surface area contributed by atoms with Crippen LogP contribution in [0.1, 0.15) is 0 Å². The van der Waals surface area contributed by atoms with Gasteiger partial charge in [-0.15, -0.1) is 0 Å². The first-order chi connectivity index (χ1) is 10.6. The van der Waals surface area contributed by atoms with E-state index < -0.39 is 11.6 Å². The zero-order valence-electron chi connectivity index (χ0n) is 11.2. The Kier molecular flexibility index (Phi) is 2.59. The number of imidazole rings is 1. The fourth-order valence-electron chi connectivity index (χ4n) is 2.54. The van der Waals surface area contributed by atoms with Gasteiger partial charge in [-0.2, -0.15) is 0 Å². The number of rotatable bonds is 1. The van der Waals surface area contributed by atoms with E-state index in [4.69, 9.17) is 0 Å². The molecule has 0 saturated heterocycles. The number of nitrogens with zero attached hydrogens (tertiary/aromatic N) is 1. The summed E-state index contributed by atoms with van der Waals surface area (Å²) in [5.74, 6) is -1.66. The summed E-state index contributed by atoms with van der Waals surface area (Å²) in [4.78, 5) is 22.0. The average Bonchev–Trinajstić information content (AvgIpc) is 2.91. The highest BCUT2D eigenvalue weighted by molar-refractivity contribution is 5.85. The number of halogens is 2. The maximum absolute atomic E-state index is 13.3. The monoisotopic (exact) mass is 297 g/mol. The van der Waals surface area contributed by atoms with Gasteiger partial charge in [-0.3, -0.25) is 4.79 Å². The molecule has 2 N–H and O–H groups in total. The zero-order chi connectivity index (χ0) is 15.3. The van der Waals surface area contributed by atoms with Crippen LogP contribution in [0.2, 0.25) is 0 Å². The van der Waals surface area contributed by atoms with Gasteiger partial charge in [0.15, 0.2) is 11.6 Å². The third-order valence-corrected chi connectivity index (χ3v) is 3.54. The maximum atomic E-state index is 13.3. The minimum atomic E-state index is -0.974. The molecule has 4 rings (SSSR count). The first-order valence-electron chi connectivity index (χ1n) is 6.59. The Bertz CT molecular complexity index is 996. The third kappa shape index (κ3) is 1.81. The lowest BCUT2D eigenvalue weighted by molar-refractivity contribution is 0.510. The molecule has 0 fully saturated rings. The molecule has 4 nitrogen and oxygen atoms in total. The molecular weight excluding hydrogens is 288 g/mol. The molecule has 1 aromatic heterocycles. The summed E-state index contributed by atoms with van der Waals surface area (Å²) in [5, 5.41) is 0. The van der Waals surface area contributed by atoms with Gasteiger partial charge in [0.25, 0.3) is 5.56 Å². The van der Waals surface area contributed by atoms with Gasteiger partial charge in [0.05, 0.1) is 16.6 Å². The van der Waals surface area contributed by atoms with E-state index in [1.807, 2.05) is 12.1 Å². The lowest BCUT2D eigenvalue weighted by Gasteiger charge is -1.94. The van der Waals surface area contributed by atoms with Crippen molar-refractivity contribution in [2.75, 3.05) is 0 Å². The van der Waals surface area contributed by atoms with Gasteiger partial charge in [0.1, 0.15) is 5.82 Å². The number of hydrogen-bond donors (Lipinski definition) is 2. The first kappa shape index (κ1) is 12.7. The summed E-state index contributed by atoms with van der Waals surface area (Å²) in [6.45, 7) is 0. The molecule has 22 heavy (non-hydrogen) atoms. The fraction of sp³-hybridized carbons (Fsp3) is 0. The Balaban J connectivity index is 2.01. The van der Waals surface area contributed by atoms with Crippen LogP contribution in [-0.4, -0.2) is 15.0 Å². The van der Waals surface area contributed by atoms with Crippen molar-refractivity contribution in [2.24, 2.45) is 0 Å². The van der Waals surface area contributed by atoms with Gasteiger partial charge in [-0.05, 0) is 6.07 Å². The highest BCUT2D eigenvalue weighted by Gasteiger charge is 2.19. The summed E-state index contributed by atoms with van der Waals surface area (Å²) in [6, 6.07) is 11.1. The highest BCUT2D eigenvalue weighted by Crippen LogP contribution is 2.29. The second kappa shape index (κ2) is 4.49. The van der Waals surface area contributed by atoms with Crippen LogP contribution in [0.15, 0.2) is 47.3 Å². The Labute approximate surface area is 122 Å². The van der Waals surface area contributed by atoms with E-state index in [0.717, 1.165) is 12.1 Å². The molecular formula is C16H9F2N3O. The lowest BCUT2D eigenvalue weighted by Crippen LogP contribution is -2.01. The molecule has 0 saturated carbocycles. The van der Waals surface area contributed by atoms with Gasteiger partial charge < -0.3 is 9.97 Å². The van der Waals surface area contributed by atoms with Gasteiger partial charge in [0.2, 0.25) is 0 Å². The molecule has 2 aromatic rings. The van der Waals surface area contributed by atoms with E-state index in [1.165, 1.54) is 0 Å². The van der Waals surface area contributed by atoms with Crippen LogP contribution in [0.3, 0.4) is 0 Å². The van der Waals surface area contributed by atoms with E-state index >= 15 is 0 Å². The minimum absolute atomic E-state index is 0.267. The van der Waals surface area contributed by atoms with Crippen LogP contribution in [0.4, 0.5) is 8.78 Å².